The average Bonchev–Trinajstić information content (AvgIpc) is 3.36. The Labute approximate surface area is 253 Å². The molecule has 1 saturated carbocycles. The van der Waals surface area contributed by atoms with Crippen LogP contribution in [0.1, 0.15) is 63.9 Å². The number of hydrogen-bond acceptors (Lipinski definition) is 5. The molecule has 0 radical (unpaired) electrons. The van der Waals surface area contributed by atoms with Gasteiger partial charge >= 0.3 is 6.09 Å². The number of aromatic amines is 1. The molecule has 10 nitrogen and oxygen atoms in total. The molecular weight excluding hydrogens is 586 g/mol. The summed E-state index contributed by atoms with van der Waals surface area (Å²) in [4.78, 5) is 59.5. The highest BCUT2D eigenvalue weighted by Crippen LogP contribution is 2.38. The van der Waals surface area contributed by atoms with E-state index in [1.165, 1.54) is 29.8 Å². The van der Waals surface area contributed by atoms with Gasteiger partial charge in [0.2, 0.25) is 17.7 Å². The first-order valence-corrected chi connectivity index (χ1v) is 14.7. The maximum atomic E-state index is 14.0. The lowest BCUT2D eigenvalue weighted by Gasteiger charge is -2.40. The third-order valence-electron chi connectivity index (χ3n) is 8.21. The highest BCUT2D eigenvalue weighted by Gasteiger charge is 2.43. The summed E-state index contributed by atoms with van der Waals surface area (Å²) in [5.41, 5.74) is -0.383. The molecule has 44 heavy (non-hydrogen) atoms. The van der Waals surface area contributed by atoms with E-state index in [1.807, 2.05) is 0 Å². The van der Waals surface area contributed by atoms with Gasteiger partial charge in [0.05, 0.1) is 0 Å². The van der Waals surface area contributed by atoms with Crippen molar-refractivity contribution in [3.05, 3.63) is 35.5 Å². The number of aromatic nitrogens is 1. The summed E-state index contributed by atoms with van der Waals surface area (Å²) in [6.45, 7) is 7.07. The van der Waals surface area contributed by atoms with Gasteiger partial charge in [0, 0.05) is 63.0 Å². The van der Waals surface area contributed by atoms with Crippen molar-refractivity contribution in [2.45, 2.75) is 77.0 Å². The van der Waals surface area contributed by atoms with E-state index in [2.05, 4.69) is 10.3 Å². The molecule has 1 aromatic carbocycles. The lowest BCUT2D eigenvalue weighted by molar-refractivity contribution is -0.141. The number of rotatable bonds is 6. The van der Waals surface area contributed by atoms with Crippen LogP contribution in [-0.2, 0) is 14.3 Å². The predicted octanol–water partition coefficient (Wildman–Crippen LogP) is 4.30. The summed E-state index contributed by atoms with van der Waals surface area (Å²) >= 11 is 0. The number of H-pyrrole nitrogens is 1. The van der Waals surface area contributed by atoms with Crippen molar-refractivity contribution in [3.8, 4) is 0 Å². The number of amides is 4. The summed E-state index contributed by atoms with van der Waals surface area (Å²) < 4.78 is 60.5. The molecule has 1 aromatic heterocycles. The van der Waals surface area contributed by atoms with Crippen molar-refractivity contribution in [1.82, 2.24) is 25.0 Å². The van der Waals surface area contributed by atoms with Crippen LogP contribution >= 0.6 is 0 Å². The summed E-state index contributed by atoms with van der Waals surface area (Å²) in [5, 5.41) is 3.06. The van der Waals surface area contributed by atoms with E-state index in [0.29, 0.717) is 5.39 Å². The van der Waals surface area contributed by atoms with Crippen molar-refractivity contribution in [1.29, 1.82) is 0 Å². The fourth-order valence-electron chi connectivity index (χ4n) is 5.46. The molecule has 2 fully saturated rings. The average molecular weight is 626 g/mol. The van der Waals surface area contributed by atoms with Crippen molar-refractivity contribution < 1.29 is 41.5 Å². The van der Waals surface area contributed by atoms with Crippen LogP contribution in [-0.4, -0.2) is 100 Å². The molecule has 4 amide bonds. The van der Waals surface area contributed by atoms with Gasteiger partial charge in [-0.3, -0.25) is 19.3 Å². The van der Waals surface area contributed by atoms with Crippen LogP contribution in [0, 0.1) is 17.6 Å². The van der Waals surface area contributed by atoms with Crippen molar-refractivity contribution in [2.75, 3.05) is 33.2 Å². The minimum atomic E-state index is -2.84. The van der Waals surface area contributed by atoms with E-state index in [1.54, 1.807) is 20.8 Å². The van der Waals surface area contributed by atoms with Crippen LogP contribution in [0.15, 0.2) is 18.2 Å². The first-order valence-electron chi connectivity index (χ1n) is 14.7. The zero-order valence-electron chi connectivity index (χ0n) is 25.5. The van der Waals surface area contributed by atoms with Gasteiger partial charge in [-0.1, -0.05) is 0 Å². The van der Waals surface area contributed by atoms with Crippen LogP contribution < -0.4 is 5.32 Å². The zero-order valence-corrected chi connectivity index (χ0v) is 25.5. The number of carbonyl (C=O) groups excluding carboxylic acids is 4. The van der Waals surface area contributed by atoms with E-state index >= 15 is 0 Å². The number of piperazine rings is 1. The summed E-state index contributed by atoms with van der Waals surface area (Å²) in [5.74, 6) is -6.95. The second kappa shape index (κ2) is 12.6. The Morgan fingerprint density at radius 3 is 2.16 bits per heavy atom. The van der Waals surface area contributed by atoms with Crippen molar-refractivity contribution in [3.63, 3.8) is 0 Å². The van der Waals surface area contributed by atoms with Gasteiger partial charge in [0.1, 0.15) is 23.4 Å². The molecule has 2 aromatic rings. The van der Waals surface area contributed by atoms with Crippen LogP contribution in [0.25, 0.3) is 10.9 Å². The number of halogens is 4. The van der Waals surface area contributed by atoms with Crippen molar-refractivity contribution >= 4 is 34.7 Å². The van der Waals surface area contributed by atoms with Crippen LogP contribution in [0.5, 0.6) is 0 Å². The number of fused-ring (bicyclic) bond motifs is 1. The van der Waals surface area contributed by atoms with Gasteiger partial charge in [0.25, 0.3) is 5.91 Å². The Hall–Kier alpha value is -3.84. The maximum Gasteiger partial charge on any atom is 0.410 e. The smallest absolute Gasteiger partial charge is 0.410 e. The fourth-order valence-corrected chi connectivity index (χ4v) is 5.46. The van der Waals surface area contributed by atoms with E-state index in [9.17, 15) is 36.7 Å². The molecule has 1 aliphatic carbocycles. The SMILES string of the molecule is C[C@@H](C(=O)N[C@H](C(=O)N1CCN(C(=O)c2cc3cc(F)c(F)cc3[nH]2)CC1)C1CCC(F)(F)CC1)N(C)C(=O)OC(C)(C)C. The van der Waals surface area contributed by atoms with Crippen LogP contribution in [0.3, 0.4) is 0 Å². The first-order chi connectivity index (χ1) is 20.5. The Morgan fingerprint density at radius 1 is 1.00 bits per heavy atom. The maximum absolute atomic E-state index is 14.0. The van der Waals surface area contributed by atoms with Gasteiger partial charge in [-0.15, -0.1) is 0 Å². The Kier molecular flexibility index (Phi) is 9.50. The molecule has 4 rings (SSSR count). The standard InChI is InChI=1S/C30H39F4N5O5/c1-17(37(5)28(43)44-29(2,3)4)25(40)36-24(18-6-8-30(33,34)9-7-18)27(42)39-12-10-38(11-13-39)26(41)23-15-19-14-20(31)21(32)16-22(19)35-23/h14-18,24,35H,6-13H2,1-5H3,(H,36,40)/t17-,24-/m0/s1. The van der Waals surface area contributed by atoms with Crippen LogP contribution in [0.2, 0.25) is 0 Å². The fraction of sp³-hybridized carbons (Fsp3) is 0.600. The van der Waals surface area contributed by atoms with Gasteiger partial charge in [-0.2, -0.15) is 0 Å². The second-order valence-electron chi connectivity index (χ2n) is 12.6. The lowest BCUT2D eigenvalue weighted by atomic mass is 9.81. The second-order valence-corrected chi connectivity index (χ2v) is 12.6. The van der Waals surface area contributed by atoms with Gasteiger partial charge < -0.3 is 24.8 Å². The third kappa shape index (κ3) is 7.62. The van der Waals surface area contributed by atoms with Crippen LogP contribution in [0.4, 0.5) is 22.4 Å². The minimum absolute atomic E-state index is 0.0278. The van der Waals surface area contributed by atoms with E-state index in [0.717, 1.165) is 17.0 Å². The molecule has 0 spiro atoms. The minimum Gasteiger partial charge on any atom is -0.444 e. The molecular formula is C30H39F4N5O5. The number of hydrogen-bond donors (Lipinski definition) is 2. The monoisotopic (exact) mass is 625 g/mol. The number of likely N-dealkylation sites (N-methyl/N-ethyl adjacent to an activating group) is 1. The largest absolute Gasteiger partial charge is 0.444 e. The Morgan fingerprint density at radius 2 is 1.57 bits per heavy atom. The number of ether oxygens (including phenoxy) is 1. The molecule has 0 bridgehead atoms. The molecule has 14 heteroatoms. The number of benzene rings is 1. The Bertz CT molecular complexity index is 1370. The van der Waals surface area contributed by atoms with E-state index < -0.39 is 77.8 Å². The molecule has 2 N–H and O–H groups in total. The Balaban J connectivity index is 1.43. The number of nitrogens with one attached hydrogen (secondary N) is 2. The van der Waals surface area contributed by atoms with Gasteiger partial charge in [0.15, 0.2) is 11.6 Å². The summed E-state index contributed by atoms with van der Waals surface area (Å²) in [6.07, 6.45) is -1.50. The quantitative estimate of drug-likeness (QED) is 0.465. The predicted molar refractivity (Wildman–Crippen MR) is 153 cm³/mol. The van der Waals surface area contributed by atoms with Gasteiger partial charge in [-0.25, -0.2) is 22.4 Å². The third-order valence-corrected chi connectivity index (χ3v) is 8.21. The number of carbonyl (C=O) groups is 4. The zero-order chi connectivity index (χ0) is 32.6. The summed E-state index contributed by atoms with van der Waals surface area (Å²) in [6, 6.07) is 1.28. The number of nitrogens with zero attached hydrogens (tertiary/aromatic N) is 3. The molecule has 2 atom stereocenters. The van der Waals surface area contributed by atoms with E-state index in [4.69, 9.17) is 4.74 Å². The molecule has 0 unspecified atom stereocenters. The van der Waals surface area contributed by atoms with Gasteiger partial charge in [-0.05, 0) is 58.6 Å². The highest BCUT2D eigenvalue weighted by atomic mass is 19.3. The molecule has 1 saturated heterocycles. The van der Waals surface area contributed by atoms with E-state index in [-0.39, 0.29) is 50.2 Å². The molecule has 1 aliphatic heterocycles. The van der Waals surface area contributed by atoms with Crippen molar-refractivity contribution in [2.24, 2.45) is 5.92 Å². The lowest BCUT2D eigenvalue weighted by Crippen LogP contribution is -2.60. The summed E-state index contributed by atoms with van der Waals surface area (Å²) in [7, 11) is 1.40. The normalized spacial score (nSPS) is 18.9. The highest BCUT2D eigenvalue weighted by molar-refractivity contribution is 5.98. The topological polar surface area (TPSA) is 115 Å². The number of alkyl halides is 2. The first kappa shape index (κ1) is 33.1. The molecule has 2 heterocycles. The molecule has 2 aliphatic rings. The molecule has 242 valence electrons.